The van der Waals surface area contributed by atoms with E-state index in [1.165, 1.54) is 30.2 Å². The molecule has 31 heavy (non-hydrogen) atoms. The Bertz CT molecular complexity index is 1050. The molecule has 3 aromatic rings. The molecule has 1 heterocycles. The largest absolute Gasteiger partial charge is 0.465 e. The first-order chi connectivity index (χ1) is 15.0. The van der Waals surface area contributed by atoms with E-state index in [0.717, 1.165) is 5.56 Å². The zero-order valence-electron chi connectivity index (χ0n) is 17.1. The molecule has 5 nitrogen and oxygen atoms in total. The third-order valence-corrected chi connectivity index (χ3v) is 5.39. The molecule has 0 atom stereocenters. The van der Waals surface area contributed by atoms with Crippen LogP contribution in [0.25, 0.3) is 6.08 Å². The lowest BCUT2D eigenvalue weighted by atomic mass is 10.1. The van der Waals surface area contributed by atoms with Crippen LogP contribution in [0.2, 0.25) is 0 Å². The molecule has 1 aromatic heterocycles. The van der Waals surface area contributed by atoms with Crippen molar-refractivity contribution in [3.8, 4) is 0 Å². The number of hydrogen-bond acceptors (Lipinski definition) is 4. The van der Waals surface area contributed by atoms with Crippen molar-refractivity contribution in [1.82, 2.24) is 10.6 Å². The summed E-state index contributed by atoms with van der Waals surface area (Å²) >= 11 is 1.51. The van der Waals surface area contributed by atoms with Crippen LogP contribution in [0.15, 0.2) is 77.0 Å². The lowest BCUT2D eigenvalue weighted by molar-refractivity contribution is -0.117. The van der Waals surface area contributed by atoms with Crippen LogP contribution in [0, 0.1) is 12.7 Å². The van der Waals surface area contributed by atoms with E-state index >= 15 is 0 Å². The monoisotopic (exact) mass is 438 g/mol. The molecule has 0 saturated heterocycles. The van der Waals surface area contributed by atoms with Crippen LogP contribution in [0.5, 0.6) is 0 Å². The van der Waals surface area contributed by atoms with Gasteiger partial charge in [-0.3, -0.25) is 9.59 Å². The number of benzene rings is 2. The summed E-state index contributed by atoms with van der Waals surface area (Å²) in [5.74, 6) is 0.511. The molecule has 160 valence electrons. The minimum atomic E-state index is -0.427. The van der Waals surface area contributed by atoms with Crippen LogP contribution in [0.4, 0.5) is 4.39 Å². The Balaban J connectivity index is 1.57. The summed E-state index contributed by atoms with van der Waals surface area (Å²) in [6, 6.07) is 17.1. The Kier molecular flexibility index (Phi) is 8.06. The van der Waals surface area contributed by atoms with Crippen molar-refractivity contribution in [3.05, 3.63) is 101 Å². The first kappa shape index (κ1) is 22.4. The number of hydrogen-bond donors (Lipinski definition) is 2. The van der Waals surface area contributed by atoms with Gasteiger partial charge in [0.1, 0.15) is 17.3 Å². The number of amides is 2. The van der Waals surface area contributed by atoms with E-state index in [2.05, 4.69) is 10.6 Å². The fraction of sp³-hybridized carbons (Fsp3) is 0.167. The highest BCUT2D eigenvalue weighted by atomic mass is 32.2. The molecule has 0 spiro atoms. The van der Waals surface area contributed by atoms with Gasteiger partial charge in [-0.2, -0.15) is 11.8 Å². The van der Waals surface area contributed by atoms with Crippen molar-refractivity contribution in [1.29, 1.82) is 0 Å². The number of carbonyl (C=O) groups excluding carboxylic acids is 2. The maximum absolute atomic E-state index is 13.7. The summed E-state index contributed by atoms with van der Waals surface area (Å²) in [6.45, 7) is 2.30. The Morgan fingerprint density at radius 3 is 2.55 bits per heavy atom. The van der Waals surface area contributed by atoms with Gasteiger partial charge in [-0.1, -0.05) is 35.9 Å². The van der Waals surface area contributed by atoms with Crippen LogP contribution in [-0.4, -0.2) is 24.1 Å². The van der Waals surface area contributed by atoms with E-state index in [1.807, 2.05) is 19.1 Å². The van der Waals surface area contributed by atoms with E-state index in [9.17, 15) is 14.0 Å². The van der Waals surface area contributed by atoms with Crippen LogP contribution in [0.3, 0.4) is 0 Å². The predicted octanol–water partition coefficient (Wildman–Crippen LogP) is 4.55. The zero-order chi connectivity index (χ0) is 22.1. The Morgan fingerprint density at radius 1 is 1.06 bits per heavy atom. The van der Waals surface area contributed by atoms with E-state index in [-0.39, 0.29) is 17.4 Å². The first-order valence-electron chi connectivity index (χ1n) is 9.75. The van der Waals surface area contributed by atoms with Gasteiger partial charge in [0.05, 0.1) is 6.26 Å². The maximum Gasteiger partial charge on any atom is 0.267 e. The average molecular weight is 439 g/mol. The molecule has 3 rings (SSSR count). The molecule has 0 radical (unpaired) electrons. The lowest BCUT2D eigenvalue weighted by Gasteiger charge is -2.11. The third-order valence-electron chi connectivity index (χ3n) is 4.38. The topological polar surface area (TPSA) is 71.3 Å². The smallest absolute Gasteiger partial charge is 0.267 e. The molecule has 2 aromatic carbocycles. The summed E-state index contributed by atoms with van der Waals surface area (Å²) in [7, 11) is 0. The number of aryl methyl sites for hydroxylation is 1. The minimum absolute atomic E-state index is 0.0830. The number of rotatable bonds is 9. The molecular formula is C24H23FN2O3S. The molecule has 2 N–H and O–H groups in total. The summed E-state index contributed by atoms with van der Waals surface area (Å²) in [5, 5.41) is 5.44. The quantitative estimate of drug-likeness (QED) is 0.380. The molecule has 0 fully saturated rings. The maximum atomic E-state index is 13.7. The van der Waals surface area contributed by atoms with Gasteiger partial charge in [0.2, 0.25) is 0 Å². The van der Waals surface area contributed by atoms with E-state index < -0.39 is 5.91 Å². The Morgan fingerprint density at radius 2 is 1.84 bits per heavy atom. The van der Waals surface area contributed by atoms with Crippen LogP contribution in [0.1, 0.15) is 27.2 Å². The molecule has 0 aliphatic carbocycles. The zero-order valence-corrected chi connectivity index (χ0v) is 17.9. The molecule has 0 unspecified atom stereocenters. The number of thioether (sulfide) groups is 1. The summed E-state index contributed by atoms with van der Waals surface area (Å²) in [6.07, 6.45) is 2.97. The SMILES string of the molecule is Cc1ccc(C(=O)N/C(=C\c2ccco2)C(=O)NCCSCc2ccccc2F)cc1. The van der Waals surface area contributed by atoms with Crippen LogP contribution in [-0.2, 0) is 10.5 Å². The van der Waals surface area contributed by atoms with Crippen LogP contribution >= 0.6 is 11.8 Å². The normalized spacial score (nSPS) is 11.2. The summed E-state index contributed by atoms with van der Waals surface area (Å²) < 4.78 is 18.9. The lowest BCUT2D eigenvalue weighted by Crippen LogP contribution is -2.35. The van der Waals surface area contributed by atoms with Crippen molar-refractivity contribution in [2.75, 3.05) is 12.3 Å². The van der Waals surface area contributed by atoms with Gasteiger partial charge >= 0.3 is 0 Å². The predicted molar refractivity (Wildman–Crippen MR) is 121 cm³/mol. The van der Waals surface area contributed by atoms with Gasteiger partial charge in [-0.15, -0.1) is 0 Å². The first-order valence-corrected chi connectivity index (χ1v) is 10.9. The Labute approximate surface area is 184 Å². The van der Waals surface area contributed by atoms with Crippen LogP contribution < -0.4 is 10.6 Å². The van der Waals surface area contributed by atoms with Gasteiger partial charge in [-0.25, -0.2) is 4.39 Å². The average Bonchev–Trinajstić information content (AvgIpc) is 3.27. The van der Waals surface area contributed by atoms with Gasteiger partial charge in [0.25, 0.3) is 11.8 Å². The van der Waals surface area contributed by atoms with Crippen molar-refractivity contribution >= 4 is 29.7 Å². The van der Waals surface area contributed by atoms with Gasteiger partial charge in [-0.05, 0) is 42.8 Å². The standard InChI is InChI=1S/C24H23FN2O3S/c1-17-8-10-18(11-9-17)23(28)27-22(15-20-6-4-13-30-20)24(29)26-12-14-31-16-19-5-2-3-7-21(19)25/h2-11,13,15H,12,14,16H2,1H3,(H,26,29)(H,27,28)/b22-15-. The molecule has 0 bridgehead atoms. The second-order valence-corrected chi connectivity index (χ2v) is 7.90. The van der Waals surface area contributed by atoms with Gasteiger partial charge in [0.15, 0.2) is 0 Å². The van der Waals surface area contributed by atoms with E-state index in [0.29, 0.717) is 34.9 Å². The molecule has 7 heteroatoms. The summed E-state index contributed by atoms with van der Waals surface area (Å²) in [4.78, 5) is 25.2. The fourth-order valence-corrected chi connectivity index (χ4v) is 3.55. The van der Waals surface area contributed by atoms with Gasteiger partial charge < -0.3 is 15.1 Å². The van der Waals surface area contributed by atoms with Gasteiger partial charge in [0, 0.05) is 29.7 Å². The molecule has 0 saturated carbocycles. The van der Waals surface area contributed by atoms with E-state index in [1.54, 1.807) is 42.5 Å². The highest BCUT2D eigenvalue weighted by Crippen LogP contribution is 2.15. The second kappa shape index (κ2) is 11.2. The third kappa shape index (κ3) is 6.86. The van der Waals surface area contributed by atoms with E-state index in [4.69, 9.17) is 4.42 Å². The van der Waals surface area contributed by atoms with Crippen molar-refractivity contribution in [3.63, 3.8) is 0 Å². The molecular weight excluding hydrogens is 415 g/mol. The highest BCUT2D eigenvalue weighted by Gasteiger charge is 2.15. The van der Waals surface area contributed by atoms with Crippen molar-refractivity contribution in [2.45, 2.75) is 12.7 Å². The van der Waals surface area contributed by atoms with Crippen molar-refractivity contribution < 1.29 is 18.4 Å². The number of halogens is 1. The Hall–Kier alpha value is -3.32. The number of furan rings is 1. The molecule has 2 amide bonds. The molecule has 0 aliphatic rings. The number of carbonyl (C=O) groups is 2. The summed E-state index contributed by atoms with van der Waals surface area (Å²) in [5.41, 5.74) is 2.19. The minimum Gasteiger partial charge on any atom is -0.465 e. The molecule has 0 aliphatic heterocycles. The second-order valence-electron chi connectivity index (χ2n) is 6.79. The highest BCUT2D eigenvalue weighted by molar-refractivity contribution is 7.98. The number of nitrogens with one attached hydrogen (secondary N) is 2. The van der Waals surface area contributed by atoms with Crippen molar-refractivity contribution in [2.24, 2.45) is 0 Å². The fourth-order valence-electron chi connectivity index (χ4n) is 2.70.